The number of hydrogen-bond donors (Lipinski definition) is 1. The molecule has 0 amide bonds. The van der Waals surface area contributed by atoms with Crippen LogP contribution in [0.2, 0.25) is 0 Å². The highest BCUT2D eigenvalue weighted by Gasteiger charge is 2.17. The number of aromatic hydroxyl groups is 1. The number of rotatable bonds is 3. The molecule has 0 fully saturated rings. The number of hydrogen-bond acceptors (Lipinski definition) is 1. The highest BCUT2D eigenvalue weighted by atomic mass is 79.9. The molecule has 16 heavy (non-hydrogen) atoms. The molecule has 0 heterocycles. The lowest BCUT2D eigenvalue weighted by Crippen LogP contribution is -2.11. The maximum absolute atomic E-state index is 9.81. The summed E-state index contributed by atoms with van der Waals surface area (Å²) in [6, 6.07) is 5.77. The standard InChI is InChI=1S/C14H19BrO/c1-14(2,3)12-10-11(6-4-5-9-15)7-8-13(12)16/h4,6-8,10,16H,5,9H2,1-3H3. The summed E-state index contributed by atoms with van der Waals surface area (Å²) in [4.78, 5) is 0. The third kappa shape index (κ3) is 3.67. The molecule has 0 bridgehead atoms. The van der Waals surface area contributed by atoms with Crippen molar-refractivity contribution in [2.24, 2.45) is 0 Å². The average molecular weight is 283 g/mol. The number of allylic oxidation sites excluding steroid dienone is 1. The monoisotopic (exact) mass is 282 g/mol. The van der Waals surface area contributed by atoms with Gasteiger partial charge in [-0.15, -0.1) is 0 Å². The zero-order valence-electron chi connectivity index (χ0n) is 10.1. The summed E-state index contributed by atoms with van der Waals surface area (Å²) in [7, 11) is 0. The molecule has 1 rings (SSSR count). The fourth-order valence-electron chi connectivity index (χ4n) is 1.54. The van der Waals surface area contributed by atoms with Gasteiger partial charge < -0.3 is 5.11 Å². The van der Waals surface area contributed by atoms with Gasteiger partial charge in [-0.3, -0.25) is 0 Å². The summed E-state index contributed by atoms with van der Waals surface area (Å²) < 4.78 is 0. The Labute approximate surface area is 106 Å². The lowest BCUT2D eigenvalue weighted by atomic mass is 9.85. The quantitative estimate of drug-likeness (QED) is 0.810. The predicted octanol–water partition coefficient (Wildman–Crippen LogP) is 4.49. The zero-order chi connectivity index (χ0) is 12.2. The van der Waals surface area contributed by atoms with Gasteiger partial charge in [-0.2, -0.15) is 0 Å². The van der Waals surface area contributed by atoms with Crippen molar-refractivity contribution in [1.82, 2.24) is 0 Å². The summed E-state index contributed by atoms with van der Waals surface area (Å²) in [5, 5.41) is 10.8. The molecule has 1 nitrogen and oxygen atoms in total. The molecule has 0 saturated heterocycles. The summed E-state index contributed by atoms with van der Waals surface area (Å²) in [5.74, 6) is 0.380. The fraction of sp³-hybridized carbons (Fsp3) is 0.429. The van der Waals surface area contributed by atoms with Crippen molar-refractivity contribution >= 4 is 22.0 Å². The number of benzene rings is 1. The van der Waals surface area contributed by atoms with E-state index in [1.54, 1.807) is 6.07 Å². The molecule has 0 aliphatic carbocycles. The lowest BCUT2D eigenvalue weighted by molar-refractivity contribution is 0.446. The van der Waals surface area contributed by atoms with Crippen LogP contribution < -0.4 is 0 Å². The lowest BCUT2D eigenvalue weighted by Gasteiger charge is -2.20. The van der Waals surface area contributed by atoms with E-state index in [9.17, 15) is 5.11 Å². The number of halogens is 1. The molecule has 1 N–H and O–H groups in total. The van der Waals surface area contributed by atoms with E-state index in [2.05, 4.69) is 54.9 Å². The van der Waals surface area contributed by atoms with E-state index in [1.807, 2.05) is 6.07 Å². The molecular weight excluding hydrogens is 264 g/mol. The average Bonchev–Trinajstić information content (AvgIpc) is 2.19. The summed E-state index contributed by atoms with van der Waals surface area (Å²) in [5.41, 5.74) is 2.11. The van der Waals surface area contributed by atoms with Crippen LogP contribution in [-0.4, -0.2) is 10.4 Å². The van der Waals surface area contributed by atoms with Crippen molar-refractivity contribution in [2.45, 2.75) is 32.6 Å². The SMILES string of the molecule is CC(C)(C)c1cc(C=CCCBr)ccc1O. The van der Waals surface area contributed by atoms with Crippen LogP contribution in [0.3, 0.4) is 0 Å². The Morgan fingerprint density at radius 1 is 1.31 bits per heavy atom. The second-order valence-electron chi connectivity index (χ2n) is 4.91. The topological polar surface area (TPSA) is 20.2 Å². The van der Waals surface area contributed by atoms with Crippen LogP contribution in [0.1, 0.15) is 38.3 Å². The summed E-state index contributed by atoms with van der Waals surface area (Å²) in [6.07, 6.45) is 5.25. The number of alkyl halides is 1. The van der Waals surface area contributed by atoms with Gasteiger partial charge in [0.25, 0.3) is 0 Å². The van der Waals surface area contributed by atoms with Gasteiger partial charge in [0.2, 0.25) is 0 Å². The molecule has 0 saturated carbocycles. The minimum Gasteiger partial charge on any atom is -0.508 e. The van der Waals surface area contributed by atoms with Gasteiger partial charge in [0.05, 0.1) is 0 Å². The van der Waals surface area contributed by atoms with Crippen molar-refractivity contribution in [2.75, 3.05) is 5.33 Å². The number of phenols is 1. The van der Waals surface area contributed by atoms with Crippen molar-refractivity contribution in [3.8, 4) is 5.75 Å². The van der Waals surface area contributed by atoms with E-state index in [0.29, 0.717) is 5.75 Å². The molecular formula is C14H19BrO. The normalized spacial score (nSPS) is 12.2. The van der Waals surface area contributed by atoms with Gasteiger partial charge in [-0.05, 0) is 35.1 Å². The van der Waals surface area contributed by atoms with Crippen molar-refractivity contribution in [3.05, 3.63) is 35.4 Å². The maximum Gasteiger partial charge on any atom is 0.119 e. The Morgan fingerprint density at radius 3 is 2.56 bits per heavy atom. The third-order valence-electron chi connectivity index (χ3n) is 2.41. The van der Waals surface area contributed by atoms with E-state index < -0.39 is 0 Å². The van der Waals surface area contributed by atoms with Gasteiger partial charge in [-0.1, -0.05) is 54.9 Å². The van der Waals surface area contributed by atoms with E-state index in [4.69, 9.17) is 0 Å². The molecule has 0 radical (unpaired) electrons. The molecule has 0 atom stereocenters. The van der Waals surface area contributed by atoms with Gasteiger partial charge in [0.15, 0.2) is 0 Å². The molecule has 88 valence electrons. The molecule has 0 aliphatic heterocycles. The first-order chi connectivity index (χ1) is 7.45. The first-order valence-electron chi connectivity index (χ1n) is 5.51. The summed E-state index contributed by atoms with van der Waals surface area (Å²) in [6.45, 7) is 6.32. The molecule has 0 aromatic heterocycles. The molecule has 1 aromatic rings. The molecule has 0 aliphatic rings. The van der Waals surface area contributed by atoms with Crippen LogP contribution in [0, 0.1) is 0 Å². The van der Waals surface area contributed by atoms with Crippen LogP contribution in [0.25, 0.3) is 6.08 Å². The van der Waals surface area contributed by atoms with E-state index >= 15 is 0 Å². The number of phenolic OH excluding ortho intramolecular Hbond substituents is 1. The largest absolute Gasteiger partial charge is 0.508 e. The minimum absolute atomic E-state index is 0.0244. The first kappa shape index (κ1) is 13.3. The Bertz CT molecular complexity index is 375. The van der Waals surface area contributed by atoms with Crippen LogP contribution in [-0.2, 0) is 5.41 Å². The molecule has 0 spiro atoms. The van der Waals surface area contributed by atoms with E-state index in [-0.39, 0.29) is 5.41 Å². The second kappa shape index (κ2) is 5.53. The maximum atomic E-state index is 9.81. The van der Waals surface area contributed by atoms with Crippen molar-refractivity contribution in [3.63, 3.8) is 0 Å². The van der Waals surface area contributed by atoms with E-state index in [0.717, 1.165) is 22.9 Å². The first-order valence-corrected chi connectivity index (χ1v) is 6.63. The van der Waals surface area contributed by atoms with Crippen LogP contribution in [0.5, 0.6) is 5.75 Å². The molecule has 1 aromatic carbocycles. The van der Waals surface area contributed by atoms with Crippen LogP contribution in [0.15, 0.2) is 24.3 Å². The highest BCUT2D eigenvalue weighted by Crippen LogP contribution is 2.31. The van der Waals surface area contributed by atoms with Gasteiger partial charge in [0, 0.05) is 5.33 Å². The smallest absolute Gasteiger partial charge is 0.119 e. The van der Waals surface area contributed by atoms with Crippen LogP contribution >= 0.6 is 15.9 Å². The highest BCUT2D eigenvalue weighted by molar-refractivity contribution is 9.09. The Hall–Kier alpha value is -0.760. The van der Waals surface area contributed by atoms with Gasteiger partial charge >= 0.3 is 0 Å². The summed E-state index contributed by atoms with van der Waals surface area (Å²) >= 11 is 3.39. The second-order valence-corrected chi connectivity index (χ2v) is 5.70. The van der Waals surface area contributed by atoms with E-state index in [1.165, 1.54) is 0 Å². The Balaban J connectivity index is 2.99. The Morgan fingerprint density at radius 2 is 2.00 bits per heavy atom. The molecule has 2 heteroatoms. The molecule has 0 unspecified atom stereocenters. The van der Waals surface area contributed by atoms with Crippen molar-refractivity contribution in [1.29, 1.82) is 0 Å². The van der Waals surface area contributed by atoms with Gasteiger partial charge in [0.1, 0.15) is 5.75 Å². The predicted molar refractivity (Wildman–Crippen MR) is 74.3 cm³/mol. The van der Waals surface area contributed by atoms with Gasteiger partial charge in [-0.25, -0.2) is 0 Å². The fourth-order valence-corrected chi connectivity index (χ4v) is 1.80. The van der Waals surface area contributed by atoms with Crippen molar-refractivity contribution < 1.29 is 5.11 Å². The third-order valence-corrected chi connectivity index (χ3v) is 2.87. The Kier molecular flexibility index (Phi) is 4.60. The minimum atomic E-state index is -0.0244. The van der Waals surface area contributed by atoms with Crippen LogP contribution in [0.4, 0.5) is 0 Å². The zero-order valence-corrected chi connectivity index (χ0v) is 11.7.